The van der Waals surface area contributed by atoms with Gasteiger partial charge in [-0.2, -0.15) is 0 Å². The molecule has 0 radical (unpaired) electrons. The summed E-state index contributed by atoms with van der Waals surface area (Å²) in [5, 5.41) is 0. The molecule has 0 amide bonds. The van der Waals surface area contributed by atoms with Crippen LogP contribution < -0.4 is 0 Å². The van der Waals surface area contributed by atoms with Crippen LogP contribution in [0.4, 0.5) is 0 Å². The number of ether oxygens (including phenoxy) is 4. The predicted molar refractivity (Wildman–Crippen MR) is 104 cm³/mol. The van der Waals surface area contributed by atoms with Gasteiger partial charge in [-0.3, -0.25) is 0 Å². The molecule has 3 saturated carbocycles. The maximum absolute atomic E-state index is 12.4. The fourth-order valence-electron chi connectivity index (χ4n) is 8.84. The lowest BCUT2D eigenvalue weighted by atomic mass is 9.45. The Morgan fingerprint density at radius 2 is 2.13 bits per heavy atom. The standard InChI is InChI=1S/C24H28O6/c1-5-17(25)28-20-23(11(2)3)18(30-23)15-9-22(15)21(4)7-6-12-13(10-27-19(12)26)14(21)8-16-24(20,22)29-16/h5,11,14-16,18,20H,1,6-10H2,2-4H3/t14-,15-,16-,18-,20+,21-,22-,23-,24+/m0/s1. The molecule has 2 saturated heterocycles. The van der Waals surface area contributed by atoms with Crippen LogP contribution in [-0.4, -0.2) is 48.1 Å². The largest absolute Gasteiger partial charge is 0.458 e. The van der Waals surface area contributed by atoms with E-state index in [1.54, 1.807) is 0 Å². The fourth-order valence-corrected chi connectivity index (χ4v) is 8.84. The summed E-state index contributed by atoms with van der Waals surface area (Å²) in [6, 6.07) is 0. The minimum absolute atomic E-state index is 0.00853. The average molecular weight is 412 g/mol. The van der Waals surface area contributed by atoms with E-state index in [1.807, 2.05) is 0 Å². The number of fused-ring (bicyclic) bond motifs is 4. The van der Waals surface area contributed by atoms with Gasteiger partial charge in [-0.05, 0) is 54.4 Å². The number of rotatable bonds is 3. The number of epoxide rings is 2. The molecule has 0 bridgehead atoms. The van der Waals surface area contributed by atoms with Crippen molar-refractivity contribution in [3.63, 3.8) is 0 Å². The summed E-state index contributed by atoms with van der Waals surface area (Å²) in [6.07, 6.45) is 4.62. The van der Waals surface area contributed by atoms with Crippen LogP contribution in [0.5, 0.6) is 0 Å². The molecule has 0 aromatic heterocycles. The van der Waals surface area contributed by atoms with Crippen molar-refractivity contribution in [2.24, 2.45) is 28.6 Å². The van der Waals surface area contributed by atoms with Gasteiger partial charge < -0.3 is 18.9 Å². The Kier molecular flexibility index (Phi) is 2.92. The maximum Gasteiger partial charge on any atom is 0.334 e. The first-order valence-corrected chi connectivity index (χ1v) is 11.4. The van der Waals surface area contributed by atoms with Gasteiger partial charge >= 0.3 is 11.9 Å². The summed E-state index contributed by atoms with van der Waals surface area (Å²) in [7, 11) is 0. The highest BCUT2D eigenvalue weighted by atomic mass is 16.7. The van der Waals surface area contributed by atoms with Crippen molar-refractivity contribution in [2.45, 2.75) is 76.0 Å². The van der Waals surface area contributed by atoms with E-state index in [1.165, 1.54) is 11.6 Å². The molecule has 30 heavy (non-hydrogen) atoms. The highest BCUT2D eigenvalue weighted by Gasteiger charge is 2.99. The molecule has 6 nitrogen and oxygen atoms in total. The molecule has 0 N–H and O–H groups in total. The van der Waals surface area contributed by atoms with Gasteiger partial charge in [-0.25, -0.2) is 9.59 Å². The molecule has 5 fully saturated rings. The van der Waals surface area contributed by atoms with Crippen LogP contribution in [-0.2, 0) is 28.5 Å². The average Bonchev–Trinajstić information content (AvgIpc) is 3.61. The van der Waals surface area contributed by atoms with Crippen LogP contribution in [0.25, 0.3) is 0 Å². The van der Waals surface area contributed by atoms with Crippen LogP contribution >= 0.6 is 0 Å². The molecule has 0 unspecified atom stereocenters. The van der Waals surface area contributed by atoms with Gasteiger partial charge in [-0.1, -0.05) is 27.4 Å². The third kappa shape index (κ3) is 1.55. The molecule has 160 valence electrons. The van der Waals surface area contributed by atoms with E-state index in [0.717, 1.165) is 31.3 Å². The summed E-state index contributed by atoms with van der Waals surface area (Å²) in [6.45, 7) is 10.7. The molecule has 2 spiro atoms. The second-order valence-electron chi connectivity index (χ2n) is 11.0. The third-order valence-electron chi connectivity index (χ3n) is 10.2. The molecular formula is C24H28O6. The predicted octanol–water partition coefficient (Wildman–Crippen LogP) is 2.71. The van der Waals surface area contributed by atoms with Crippen molar-refractivity contribution in [3.8, 4) is 0 Å². The summed E-state index contributed by atoms with van der Waals surface area (Å²) >= 11 is 0. The summed E-state index contributed by atoms with van der Waals surface area (Å²) in [4.78, 5) is 24.6. The van der Waals surface area contributed by atoms with Gasteiger partial charge in [-0.15, -0.1) is 0 Å². The number of carbonyl (C=O) groups is 2. The van der Waals surface area contributed by atoms with E-state index in [2.05, 4.69) is 27.4 Å². The van der Waals surface area contributed by atoms with Crippen molar-refractivity contribution < 1.29 is 28.5 Å². The quantitative estimate of drug-likeness (QED) is 0.403. The van der Waals surface area contributed by atoms with Crippen LogP contribution in [0.3, 0.4) is 0 Å². The van der Waals surface area contributed by atoms with E-state index in [-0.39, 0.29) is 34.9 Å². The minimum atomic E-state index is -0.472. The third-order valence-corrected chi connectivity index (χ3v) is 10.2. The Balaban J connectivity index is 1.37. The van der Waals surface area contributed by atoms with E-state index in [9.17, 15) is 9.59 Å². The van der Waals surface area contributed by atoms with E-state index >= 15 is 0 Å². The van der Waals surface area contributed by atoms with E-state index in [0.29, 0.717) is 18.4 Å². The normalized spacial score (nSPS) is 55.9. The minimum Gasteiger partial charge on any atom is -0.458 e. The lowest BCUT2D eigenvalue weighted by Crippen LogP contribution is -2.65. The molecule has 6 heteroatoms. The second kappa shape index (κ2) is 4.88. The monoisotopic (exact) mass is 412 g/mol. The molecule has 3 aliphatic heterocycles. The molecule has 0 aromatic rings. The van der Waals surface area contributed by atoms with Crippen molar-refractivity contribution in [3.05, 3.63) is 23.8 Å². The van der Waals surface area contributed by atoms with Gasteiger partial charge in [0.05, 0.1) is 12.2 Å². The molecule has 3 heterocycles. The lowest BCUT2D eigenvalue weighted by Gasteiger charge is -2.56. The zero-order valence-corrected chi connectivity index (χ0v) is 17.7. The topological polar surface area (TPSA) is 77.7 Å². The number of hydrogen-bond donors (Lipinski definition) is 0. The van der Waals surface area contributed by atoms with Crippen molar-refractivity contribution >= 4 is 11.9 Å². The fraction of sp³-hybridized carbons (Fsp3) is 0.750. The Bertz CT molecular complexity index is 967. The lowest BCUT2D eigenvalue weighted by molar-refractivity contribution is -0.167. The number of esters is 2. The molecule has 0 aromatic carbocycles. The summed E-state index contributed by atoms with van der Waals surface area (Å²) in [5.41, 5.74) is 1.11. The molecule has 9 atom stereocenters. The Morgan fingerprint density at radius 3 is 2.87 bits per heavy atom. The highest BCUT2D eigenvalue weighted by Crippen LogP contribution is 2.90. The van der Waals surface area contributed by atoms with Gasteiger partial charge in [0, 0.05) is 17.1 Å². The first-order valence-electron chi connectivity index (χ1n) is 11.4. The summed E-state index contributed by atoms with van der Waals surface area (Å²) in [5.74, 6) is 0.421. The highest BCUT2D eigenvalue weighted by molar-refractivity contribution is 5.92. The zero-order valence-electron chi connectivity index (χ0n) is 17.7. The first-order chi connectivity index (χ1) is 14.3. The zero-order chi connectivity index (χ0) is 20.8. The molecule has 4 aliphatic carbocycles. The smallest absolute Gasteiger partial charge is 0.334 e. The molecule has 7 rings (SSSR count). The van der Waals surface area contributed by atoms with E-state index in [4.69, 9.17) is 18.9 Å². The number of hydrogen-bond acceptors (Lipinski definition) is 6. The van der Waals surface area contributed by atoms with Gasteiger partial charge in [0.1, 0.15) is 17.8 Å². The first kappa shape index (κ1) is 18.0. The summed E-state index contributed by atoms with van der Waals surface area (Å²) < 4.78 is 24.6. The van der Waals surface area contributed by atoms with Gasteiger partial charge in [0.15, 0.2) is 6.10 Å². The Hall–Kier alpha value is -1.66. The van der Waals surface area contributed by atoms with Crippen molar-refractivity contribution in [1.82, 2.24) is 0 Å². The maximum atomic E-state index is 12.4. The van der Waals surface area contributed by atoms with Crippen molar-refractivity contribution in [2.75, 3.05) is 6.61 Å². The van der Waals surface area contributed by atoms with Crippen molar-refractivity contribution in [1.29, 1.82) is 0 Å². The van der Waals surface area contributed by atoms with Gasteiger partial charge in [0.25, 0.3) is 0 Å². The van der Waals surface area contributed by atoms with Crippen LogP contribution in [0.15, 0.2) is 23.8 Å². The number of cyclic esters (lactones) is 1. The second-order valence-corrected chi connectivity index (χ2v) is 11.0. The van der Waals surface area contributed by atoms with Crippen LogP contribution in [0.2, 0.25) is 0 Å². The van der Waals surface area contributed by atoms with E-state index < -0.39 is 23.3 Å². The molecule has 7 aliphatic rings. The Labute approximate surface area is 175 Å². The van der Waals surface area contributed by atoms with Crippen LogP contribution in [0, 0.1) is 28.6 Å². The van der Waals surface area contributed by atoms with Crippen LogP contribution in [0.1, 0.15) is 46.5 Å². The molecular weight excluding hydrogens is 384 g/mol. The number of carbonyl (C=O) groups excluding carboxylic acids is 2. The van der Waals surface area contributed by atoms with Gasteiger partial charge in [0.2, 0.25) is 0 Å². The SMILES string of the molecule is C=CC(=O)O[C@@H]1[C@@]2(C(C)C)O[C@H]2[C@@H]2C[C@]23[C@]12O[C@H]2C[C@H]1C2=C(CC[C@@]13C)C(=O)OC2. The Morgan fingerprint density at radius 1 is 1.33 bits per heavy atom.